The SMILES string of the molecule is O=S(=O)(O)C1(O)C=Cc2cc3ccccc3cc2C1(O)S(=O)(=O)O. The molecule has 0 saturated heterocycles. The van der Waals surface area contributed by atoms with Crippen molar-refractivity contribution in [3.63, 3.8) is 0 Å². The molecule has 0 bridgehead atoms. The number of hydrogen-bond donors (Lipinski definition) is 4. The van der Waals surface area contributed by atoms with Crippen molar-refractivity contribution in [2.24, 2.45) is 0 Å². The average Bonchev–Trinajstić information content (AvgIpc) is 2.47. The van der Waals surface area contributed by atoms with Crippen molar-refractivity contribution in [3.05, 3.63) is 53.6 Å². The third kappa shape index (κ3) is 2.05. The first kappa shape index (κ1) is 17.0. The first-order valence-electron chi connectivity index (χ1n) is 6.53. The molecule has 3 rings (SSSR count). The highest BCUT2D eigenvalue weighted by Crippen LogP contribution is 2.47. The molecule has 0 aromatic heterocycles. The molecule has 0 spiro atoms. The van der Waals surface area contributed by atoms with E-state index in [0.717, 1.165) is 12.1 Å². The molecule has 0 saturated carbocycles. The van der Waals surface area contributed by atoms with E-state index in [1.54, 1.807) is 24.3 Å². The fourth-order valence-electron chi connectivity index (χ4n) is 2.78. The lowest BCUT2D eigenvalue weighted by atomic mass is 9.89. The summed E-state index contributed by atoms with van der Waals surface area (Å²) in [7, 11) is -11.1. The molecule has 0 amide bonds. The second-order valence-corrected chi connectivity index (χ2v) is 8.52. The van der Waals surface area contributed by atoms with Crippen LogP contribution in [0, 0.1) is 0 Å². The van der Waals surface area contributed by atoms with Crippen LogP contribution in [-0.2, 0) is 25.2 Å². The maximum atomic E-state index is 11.8. The van der Waals surface area contributed by atoms with Crippen molar-refractivity contribution in [2.75, 3.05) is 0 Å². The fraction of sp³-hybridized carbons (Fsp3) is 0.143. The topological polar surface area (TPSA) is 149 Å². The Morgan fingerprint density at radius 2 is 1.38 bits per heavy atom. The van der Waals surface area contributed by atoms with Crippen LogP contribution in [-0.4, -0.2) is 41.1 Å². The van der Waals surface area contributed by atoms with E-state index in [-0.39, 0.29) is 5.56 Å². The summed E-state index contributed by atoms with van der Waals surface area (Å²) >= 11 is 0. The molecule has 4 N–H and O–H groups in total. The van der Waals surface area contributed by atoms with Gasteiger partial charge in [-0.25, -0.2) is 0 Å². The Hall–Kier alpha value is -1.82. The average molecular weight is 372 g/mol. The molecule has 128 valence electrons. The molecule has 8 nitrogen and oxygen atoms in total. The number of benzene rings is 2. The minimum absolute atomic E-state index is 0.0575. The van der Waals surface area contributed by atoms with E-state index >= 15 is 0 Å². The van der Waals surface area contributed by atoms with Crippen molar-refractivity contribution < 1.29 is 36.2 Å². The van der Waals surface area contributed by atoms with E-state index in [1.165, 1.54) is 6.07 Å². The second-order valence-electron chi connectivity index (χ2n) is 5.41. The summed E-state index contributed by atoms with van der Waals surface area (Å²) in [5, 5.41) is 21.9. The smallest absolute Gasteiger partial charge is 0.304 e. The quantitative estimate of drug-likeness (QED) is 0.556. The maximum absolute atomic E-state index is 11.8. The summed E-state index contributed by atoms with van der Waals surface area (Å²) in [4.78, 5) is -7.38. The molecular weight excluding hydrogens is 360 g/mol. The van der Waals surface area contributed by atoms with Crippen LogP contribution in [0.25, 0.3) is 16.8 Å². The van der Waals surface area contributed by atoms with Crippen LogP contribution in [0.5, 0.6) is 0 Å². The Bertz CT molecular complexity index is 1090. The largest absolute Gasteiger partial charge is 0.366 e. The lowest BCUT2D eigenvalue weighted by molar-refractivity contribution is -0.0305. The lowest BCUT2D eigenvalue weighted by Gasteiger charge is -2.39. The number of fused-ring (bicyclic) bond motifs is 2. The van der Waals surface area contributed by atoms with Gasteiger partial charge in [0.2, 0.25) is 0 Å². The minimum atomic E-state index is -5.58. The van der Waals surface area contributed by atoms with Gasteiger partial charge in [0.1, 0.15) is 0 Å². The van der Waals surface area contributed by atoms with Crippen LogP contribution in [0.15, 0.2) is 42.5 Å². The molecule has 0 radical (unpaired) electrons. The number of aliphatic hydroxyl groups is 2. The predicted octanol–water partition coefficient (Wildman–Crippen LogP) is 0.476. The summed E-state index contributed by atoms with van der Waals surface area (Å²) in [5.41, 5.74) is -0.520. The summed E-state index contributed by atoms with van der Waals surface area (Å²) in [6.07, 6.45) is 1.45. The highest BCUT2D eigenvalue weighted by atomic mass is 32.2. The molecular formula is C14H12O8S2. The molecule has 0 fully saturated rings. The van der Waals surface area contributed by atoms with Gasteiger partial charge >= 0.3 is 20.2 Å². The van der Waals surface area contributed by atoms with Gasteiger partial charge < -0.3 is 10.2 Å². The highest BCUT2D eigenvalue weighted by Gasteiger charge is 2.67. The molecule has 0 heterocycles. The zero-order valence-electron chi connectivity index (χ0n) is 11.9. The van der Waals surface area contributed by atoms with Gasteiger partial charge in [0.15, 0.2) is 0 Å². The predicted molar refractivity (Wildman–Crippen MR) is 84.9 cm³/mol. The Morgan fingerprint density at radius 3 is 1.88 bits per heavy atom. The van der Waals surface area contributed by atoms with E-state index in [2.05, 4.69) is 0 Å². The Labute approximate surface area is 137 Å². The standard InChI is InChI=1S/C14H12O8S2/c15-13(23(17,18)19)6-5-11-7-9-3-1-2-4-10(9)8-12(11)14(13,16)24(20,21)22/h1-8,15-16H,(H,17,18,19)(H,20,21,22). The van der Waals surface area contributed by atoms with E-state index < -0.39 is 35.7 Å². The van der Waals surface area contributed by atoms with Crippen molar-refractivity contribution >= 4 is 37.1 Å². The van der Waals surface area contributed by atoms with E-state index in [1.807, 2.05) is 0 Å². The van der Waals surface area contributed by atoms with Gasteiger partial charge in [-0.2, -0.15) is 16.8 Å². The first-order valence-corrected chi connectivity index (χ1v) is 9.41. The Balaban J connectivity index is 2.50. The summed E-state index contributed by atoms with van der Waals surface area (Å²) in [5.74, 6) is 0. The molecule has 2 atom stereocenters. The van der Waals surface area contributed by atoms with Gasteiger partial charge in [0.25, 0.3) is 9.87 Å². The van der Waals surface area contributed by atoms with Crippen molar-refractivity contribution in [3.8, 4) is 0 Å². The summed E-state index contributed by atoms with van der Waals surface area (Å²) in [6.45, 7) is 0. The van der Waals surface area contributed by atoms with Crippen LogP contribution >= 0.6 is 0 Å². The van der Waals surface area contributed by atoms with Gasteiger partial charge in [0.05, 0.1) is 0 Å². The molecule has 1 aliphatic carbocycles. The molecule has 2 aromatic carbocycles. The van der Waals surface area contributed by atoms with E-state index in [9.17, 15) is 36.2 Å². The van der Waals surface area contributed by atoms with E-state index in [0.29, 0.717) is 16.8 Å². The molecule has 1 aliphatic rings. The van der Waals surface area contributed by atoms with Gasteiger partial charge in [-0.3, -0.25) is 9.11 Å². The molecule has 2 unspecified atom stereocenters. The van der Waals surface area contributed by atoms with Gasteiger partial charge in [0, 0.05) is 5.56 Å². The lowest BCUT2D eigenvalue weighted by Crippen LogP contribution is -2.60. The molecule has 10 heteroatoms. The van der Waals surface area contributed by atoms with Crippen LogP contribution < -0.4 is 0 Å². The van der Waals surface area contributed by atoms with Crippen LogP contribution in [0.2, 0.25) is 0 Å². The van der Waals surface area contributed by atoms with E-state index in [4.69, 9.17) is 0 Å². The molecule has 2 aromatic rings. The zero-order valence-corrected chi connectivity index (χ0v) is 13.5. The fourth-order valence-corrected chi connectivity index (χ4v) is 5.01. The third-order valence-electron chi connectivity index (χ3n) is 4.02. The number of hydrogen-bond acceptors (Lipinski definition) is 6. The minimum Gasteiger partial charge on any atom is -0.366 e. The monoisotopic (exact) mass is 372 g/mol. The van der Waals surface area contributed by atoms with Crippen LogP contribution in [0.1, 0.15) is 11.1 Å². The second kappa shape index (κ2) is 4.85. The normalized spacial score (nSPS) is 27.2. The first-order chi connectivity index (χ1) is 10.9. The Kier molecular flexibility index (Phi) is 3.44. The molecule has 24 heavy (non-hydrogen) atoms. The van der Waals surface area contributed by atoms with Crippen molar-refractivity contribution in [1.29, 1.82) is 0 Å². The zero-order chi connectivity index (χ0) is 18.0. The Morgan fingerprint density at radius 1 is 0.833 bits per heavy atom. The summed E-state index contributed by atoms with van der Waals surface area (Å²) < 4.78 is 65.5. The van der Waals surface area contributed by atoms with Gasteiger partial charge in [-0.1, -0.05) is 30.3 Å². The van der Waals surface area contributed by atoms with Gasteiger partial charge in [-0.05, 0) is 34.5 Å². The van der Waals surface area contributed by atoms with Gasteiger partial charge in [-0.15, -0.1) is 0 Å². The van der Waals surface area contributed by atoms with Crippen LogP contribution in [0.3, 0.4) is 0 Å². The van der Waals surface area contributed by atoms with Crippen molar-refractivity contribution in [2.45, 2.75) is 9.87 Å². The maximum Gasteiger partial charge on any atom is 0.304 e. The summed E-state index contributed by atoms with van der Waals surface area (Å²) in [6, 6.07) is 9.16. The van der Waals surface area contributed by atoms with Crippen molar-refractivity contribution in [1.82, 2.24) is 0 Å². The molecule has 0 aliphatic heterocycles. The number of rotatable bonds is 2. The highest BCUT2D eigenvalue weighted by molar-refractivity contribution is 7.91. The van der Waals surface area contributed by atoms with Crippen LogP contribution in [0.4, 0.5) is 0 Å². The third-order valence-corrected chi connectivity index (χ3v) is 6.65.